The molecule has 28 heavy (non-hydrogen) atoms. The van der Waals surface area contributed by atoms with Crippen LogP contribution in [0.25, 0.3) is 0 Å². The lowest BCUT2D eigenvalue weighted by Crippen LogP contribution is -2.38. The number of alkyl halides is 3. The van der Waals surface area contributed by atoms with E-state index in [0.717, 1.165) is 18.4 Å². The van der Waals surface area contributed by atoms with Gasteiger partial charge in [-0.2, -0.15) is 13.2 Å². The molecule has 0 aliphatic carbocycles. The number of methoxy groups -OCH3 is 1. The Balaban J connectivity index is 2.36. The molecule has 0 atom stereocenters. The molecule has 0 aliphatic rings. The van der Waals surface area contributed by atoms with Crippen LogP contribution in [0.4, 0.5) is 24.5 Å². The first-order valence-corrected chi connectivity index (χ1v) is 9.93. The minimum Gasteiger partial charge on any atom is -0.495 e. The second-order valence-corrected chi connectivity index (χ2v) is 8.02. The number of anilines is 2. The fraction of sp³-hybridized carbons (Fsp3) is 0.235. The van der Waals surface area contributed by atoms with Crippen molar-refractivity contribution in [3.05, 3.63) is 53.1 Å². The van der Waals surface area contributed by atoms with Crippen LogP contribution < -0.4 is 14.4 Å². The summed E-state index contributed by atoms with van der Waals surface area (Å²) >= 11 is 5.90. The molecular formula is C17H16ClF3N2O4S. The van der Waals surface area contributed by atoms with Gasteiger partial charge in [0.15, 0.2) is 0 Å². The zero-order chi connectivity index (χ0) is 21.1. The quantitative estimate of drug-likeness (QED) is 0.748. The highest BCUT2D eigenvalue weighted by Crippen LogP contribution is 2.35. The molecule has 2 rings (SSSR count). The summed E-state index contributed by atoms with van der Waals surface area (Å²) in [6.07, 6.45) is -3.83. The second-order valence-electron chi connectivity index (χ2n) is 5.68. The molecule has 11 heteroatoms. The van der Waals surface area contributed by atoms with Crippen LogP contribution in [0.3, 0.4) is 0 Å². The van der Waals surface area contributed by atoms with Crippen LogP contribution in [-0.4, -0.2) is 34.2 Å². The average molecular weight is 437 g/mol. The third-order valence-electron chi connectivity index (χ3n) is 3.60. The Morgan fingerprint density at radius 1 is 1.21 bits per heavy atom. The molecule has 2 aromatic carbocycles. The van der Waals surface area contributed by atoms with E-state index < -0.39 is 39.9 Å². The van der Waals surface area contributed by atoms with E-state index in [1.165, 1.54) is 37.4 Å². The van der Waals surface area contributed by atoms with Gasteiger partial charge in [0, 0.05) is 5.02 Å². The molecule has 0 saturated heterocycles. The first-order chi connectivity index (χ1) is 12.9. The van der Waals surface area contributed by atoms with E-state index in [9.17, 15) is 26.4 Å². The summed E-state index contributed by atoms with van der Waals surface area (Å²) < 4.78 is 69.4. The molecule has 0 fully saturated rings. The fourth-order valence-electron chi connectivity index (χ4n) is 2.40. The van der Waals surface area contributed by atoms with Crippen LogP contribution in [0.5, 0.6) is 5.75 Å². The summed E-state index contributed by atoms with van der Waals surface area (Å²) in [6, 6.07) is 8.53. The lowest BCUT2D eigenvalue weighted by molar-refractivity contribution is -0.137. The van der Waals surface area contributed by atoms with Gasteiger partial charge >= 0.3 is 6.18 Å². The van der Waals surface area contributed by atoms with Crippen molar-refractivity contribution in [2.24, 2.45) is 0 Å². The highest BCUT2D eigenvalue weighted by Gasteiger charge is 2.34. The zero-order valence-electron chi connectivity index (χ0n) is 14.7. The molecule has 152 valence electrons. The van der Waals surface area contributed by atoms with Crippen molar-refractivity contribution in [2.75, 3.05) is 29.5 Å². The van der Waals surface area contributed by atoms with Gasteiger partial charge < -0.3 is 10.1 Å². The highest BCUT2D eigenvalue weighted by molar-refractivity contribution is 7.92. The largest absolute Gasteiger partial charge is 0.495 e. The number of hydrogen-bond donors (Lipinski definition) is 1. The maximum Gasteiger partial charge on any atom is 0.418 e. The molecule has 1 N–H and O–H groups in total. The van der Waals surface area contributed by atoms with E-state index in [0.29, 0.717) is 4.31 Å². The first kappa shape index (κ1) is 21.8. The van der Waals surface area contributed by atoms with Crippen molar-refractivity contribution in [3.63, 3.8) is 0 Å². The molecule has 0 heterocycles. The monoisotopic (exact) mass is 436 g/mol. The molecule has 0 spiro atoms. The van der Waals surface area contributed by atoms with Gasteiger partial charge in [-0.05, 0) is 30.3 Å². The summed E-state index contributed by atoms with van der Waals surface area (Å²) in [6.45, 7) is -0.776. The molecular weight excluding hydrogens is 421 g/mol. The van der Waals surface area contributed by atoms with Crippen LogP contribution in [-0.2, 0) is 21.0 Å². The molecule has 0 aromatic heterocycles. The lowest BCUT2D eigenvalue weighted by Gasteiger charge is -2.24. The number of sulfonamides is 1. The standard InChI is InChI=1S/C17H16ClF3N2O4S/c1-27-15-8-7-11(18)9-14(15)23(28(2,25)26)10-16(24)22-13-6-4-3-5-12(13)17(19,20)21/h3-9H,10H2,1-2H3,(H,22,24). The summed E-state index contributed by atoms with van der Waals surface area (Å²) in [7, 11) is -2.68. The van der Waals surface area contributed by atoms with Gasteiger partial charge in [-0.25, -0.2) is 8.42 Å². The van der Waals surface area contributed by atoms with Crippen LogP contribution in [0.1, 0.15) is 5.56 Å². The Hall–Kier alpha value is -2.46. The maximum atomic E-state index is 13.1. The number of ether oxygens (including phenoxy) is 1. The Labute approximate surface area is 164 Å². The van der Waals surface area contributed by atoms with Crippen molar-refractivity contribution >= 4 is 38.9 Å². The minimum atomic E-state index is -4.68. The van der Waals surface area contributed by atoms with Gasteiger partial charge in [0.1, 0.15) is 12.3 Å². The van der Waals surface area contributed by atoms with Gasteiger partial charge in [-0.1, -0.05) is 23.7 Å². The normalized spacial score (nSPS) is 11.8. The highest BCUT2D eigenvalue weighted by atomic mass is 35.5. The van der Waals surface area contributed by atoms with Crippen molar-refractivity contribution in [2.45, 2.75) is 6.18 Å². The van der Waals surface area contributed by atoms with Gasteiger partial charge in [0.05, 0.1) is 30.3 Å². The number of amides is 1. The van der Waals surface area contributed by atoms with E-state index in [4.69, 9.17) is 16.3 Å². The number of nitrogens with zero attached hydrogens (tertiary/aromatic N) is 1. The van der Waals surface area contributed by atoms with Gasteiger partial charge in [-0.15, -0.1) is 0 Å². The smallest absolute Gasteiger partial charge is 0.418 e. The SMILES string of the molecule is COc1ccc(Cl)cc1N(CC(=O)Nc1ccccc1C(F)(F)F)S(C)(=O)=O. The van der Waals surface area contributed by atoms with E-state index in [2.05, 4.69) is 5.32 Å². The number of rotatable bonds is 6. The van der Waals surface area contributed by atoms with Crippen LogP contribution >= 0.6 is 11.6 Å². The average Bonchev–Trinajstić information content (AvgIpc) is 2.58. The summed E-state index contributed by atoms with van der Waals surface area (Å²) in [5.41, 5.74) is -1.54. The third-order valence-corrected chi connectivity index (χ3v) is 4.97. The van der Waals surface area contributed by atoms with Crippen LogP contribution in [0.15, 0.2) is 42.5 Å². The Bertz CT molecular complexity index is 981. The number of nitrogens with one attached hydrogen (secondary N) is 1. The van der Waals surface area contributed by atoms with Crippen LogP contribution in [0.2, 0.25) is 5.02 Å². The third kappa shape index (κ3) is 5.29. The predicted octanol–water partition coefficient (Wildman–Crippen LogP) is 3.77. The van der Waals surface area contributed by atoms with Crippen molar-refractivity contribution in [1.29, 1.82) is 0 Å². The molecule has 0 saturated carbocycles. The molecule has 0 bridgehead atoms. The Morgan fingerprint density at radius 3 is 2.43 bits per heavy atom. The molecule has 0 unspecified atom stereocenters. The van der Waals surface area contributed by atoms with Crippen molar-refractivity contribution in [3.8, 4) is 5.75 Å². The lowest BCUT2D eigenvalue weighted by atomic mass is 10.1. The maximum absolute atomic E-state index is 13.1. The summed E-state index contributed by atoms with van der Waals surface area (Å²) in [5, 5.41) is 2.29. The topological polar surface area (TPSA) is 75.7 Å². The van der Waals surface area contributed by atoms with Gasteiger partial charge in [0.2, 0.25) is 15.9 Å². The number of para-hydroxylation sites is 1. The summed E-state index contributed by atoms with van der Waals surface area (Å²) in [5.74, 6) is -0.845. The molecule has 6 nitrogen and oxygen atoms in total. The molecule has 0 radical (unpaired) electrons. The predicted molar refractivity (Wildman–Crippen MR) is 100 cm³/mol. The van der Waals surface area contributed by atoms with E-state index in [1.54, 1.807) is 0 Å². The first-order valence-electron chi connectivity index (χ1n) is 7.71. The second kappa shape index (κ2) is 8.27. The zero-order valence-corrected chi connectivity index (χ0v) is 16.3. The summed E-state index contributed by atoms with van der Waals surface area (Å²) in [4.78, 5) is 12.3. The molecule has 0 aliphatic heterocycles. The number of hydrogen-bond acceptors (Lipinski definition) is 4. The molecule has 1 amide bonds. The Morgan fingerprint density at radius 2 is 1.86 bits per heavy atom. The fourth-order valence-corrected chi connectivity index (χ4v) is 3.42. The van der Waals surface area contributed by atoms with Crippen molar-refractivity contribution < 1.29 is 31.1 Å². The van der Waals surface area contributed by atoms with E-state index in [-0.39, 0.29) is 16.5 Å². The number of halogens is 4. The van der Waals surface area contributed by atoms with Crippen LogP contribution in [0, 0.1) is 0 Å². The van der Waals surface area contributed by atoms with Gasteiger partial charge in [-0.3, -0.25) is 9.10 Å². The van der Waals surface area contributed by atoms with E-state index >= 15 is 0 Å². The number of carbonyl (C=O) groups is 1. The van der Waals surface area contributed by atoms with E-state index in [1.807, 2.05) is 0 Å². The Kier molecular flexibility index (Phi) is 6.45. The minimum absolute atomic E-state index is 0.0169. The molecule has 2 aromatic rings. The number of benzene rings is 2. The van der Waals surface area contributed by atoms with Gasteiger partial charge in [0.25, 0.3) is 0 Å². The number of carbonyl (C=O) groups excluding carboxylic acids is 1. The van der Waals surface area contributed by atoms with Crippen molar-refractivity contribution in [1.82, 2.24) is 0 Å².